The van der Waals surface area contributed by atoms with Crippen molar-refractivity contribution in [3.8, 4) is 0 Å². The number of likely N-dealkylation sites (tertiary alicyclic amines) is 2. The lowest BCUT2D eigenvalue weighted by Gasteiger charge is -2.32. The number of ether oxygens (including phenoxy) is 2. The number of halogens is 8. The summed E-state index contributed by atoms with van der Waals surface area (Å²) in [6.07, 6.45) is -11.5. The van der Waals surface area contributed by atoms with Crippen LogP contribution in [0.15, 0.2) is 84.9 Å². The van der Waals surface area contributed by atoms with Crippen LogP contribution in [0.2, 0.25) is 0 Å². The zero-order chi connectivity index (χ0) is 55.9. The number of urea groups is 1. The maximum Gasteiger partial charge on any atom is 0.418 e. The zero-order valence-corrected chi connectivity index (χ0v) is 40.7. The Balaban J connectivity index is 0.000000214. The van der Waals surface area contributed by atoms with E-state index in [2.05, 4.69) is 10.6 Å². The number of nitrogens with one attached hydrogen (secondary N) is 2. The maximum atomic E-state index is 13.9. The standard InChI is InChI=1S/C26H24F4N4O5.C24H21F4N3O4.C2H6.CH4/c1-31-23(37)32-17-6-7-18-15(12-17)10-11-25(18)22(36)33(24(38)39-25)13-21(35)34-19(8-9-20(34)26(28,29)30)14-2-4-16(27)5-3-14;25-15-3-1-13(2-4-15)18-7-8-19(24(26,27)28)31(18)20(32)12-30-21(33)23(35-22(30)34)10-9-14-11-16(29)5-6-17(14)23;1-2;/h2-7,12,19-20H,8-11,13H2,1H3,(H2,31,32,37);1-6,11,18-19H,7-10,12,29H2;1-2H3;1H4/t19-,20+,25+;18-,19+,23+;;/m00../s1/i;;1D;. The first-order valence-electron chi connectivity index (χ1n) is 24.7. The smallest absolute Gasteiger partial charge is 0.418 e. The summed E-state index contributed by atoms with van der Waals surface area (Å²) in [4.78, 5) is 92.9. The summed E-state index contributed by atoms with van der Waals surface area (Å²) in [5, 5.41) is 5.02. The number of rotatable bonds is 7. The predicted octanol–water partition coefficient (Wildman–Crippen LogP) is 9.48. The van der Waals surface area contributed by atoms with Crippen LogP contribution in [0.4, 0.5) is 60.9 Å². The maximum absolute atomic E-state index is 13.9. The van der Waals surface area contributed by atoms with E-state index in [-0.39, 0.29) is 46.0 Å². The molecule has 0 radical (unpaired) electrons. The Morgan fingerprint density at radius 3 is 1.47 bits per heavy atom. The van der Waals surface area contributed by atoms with Crippen molar-refractivity contribution in [2.24, 2.45) is 0 Å². The van der Waals surface area contributed by atoms with Gasteiger partial charge in [-0.15, -0.1) is 0 Å². The van der Waals surface area contributed by atoms with E-state index in [1.165, 1.54) is 43.4 Å². The molecule has 0 saturated carbocycles. The van der Waals surface area contributed by atoms with Gasteiger partial charge in [-0.3, -0.25) is 19.2 Å². The average Bonchev–Trinajstić information content (AvgIpc) is 4.30. The lowest BCUT2D eigenvalue weighted by molar-refractivity contribution is -0.186. The summed E-state index contributed by atoms with van der Waals surface area (Å²) < 4.78 is 127. The number of hydrogen-bond acceptors (Lipinski definition) is 10. The van der Waals surface area contributed by atoms with Gasteiger partial charge in [0.15, 0.2) is 0 Å². The number of nitrogen functional groups attached to an aromatic ring is 1. The number of anilines is 2. The molecule has 6 atom stereocenters. The Morgan fingerprint density at radius 2 is 1.06 bits per heavy atom. The third-order valence-electron chi connectivity index (χ3n) is 14.4. The summed E-state index contributed by atoms with van der Waals surface area (Å²) in [5.41, 5.74) is 6.26. The lowest BCUT2D eigenvalue weighted by atomic mass is 9.94. The summed E-state index contributed by atoms with van der Waals surface area (Å²) >= 11 is 0. The Kier molecular flexibility index (Phi) is 15.6. The summed E-state index contributed by atoms with van der Waals surface area (Å²) in [6.45, 7) is 0.462. The van der Waals surface area contributed by atoms with Crippen LogP contribution >= 0.6 is 0 Å². The summed E-state index contributed by atoms with van der Waals surface area (Å²) in [7, 11) is 1.45. The molecule has 4 aromatic rings. The second-order valence-corrected chi connectivity index (χ2v) is 18.7. The van der Waals surface area contributed by atoms with Gasteiger partial charge in [-0.25, -0.2) is 33.0 Å². The normalized spacial score (nSPS) is 24.3. The van der Waals surface area contributed by atoms with Crippen molar-refractivity contribution < 1.29 is 79.5 Å². The number of hydrogen-bond donors (Lipinski definition) is 3. The van der Waals surface area contributed by atoms with Crippen molar-refractivity contribution in [1.82, 2.24) is 24.9 Å². The highest BCUT2D eigenvalue weighted by molar-refractivity contribution is 6.07. The van der Waals surface area contributed by atoms with Crippen molar-refractivity contribution in [2.75, 3.05) is 31.2 Å². The molecule has 10 rings (SSSR count). The quantitative estimate of drug-likeness (QED) is 0.118. The molecule has 4 fully saturated rings. The molecule has 412 valence electrons. The van der Waals surface area contributed by atoms with Crippen molar-refractivity contribution in [2.45, 2.75) is 120 Å². The van der Waals surface area contributed by atoms with E-state index >= 15 is 0 Å². The summed E-state index contributed by atoms with van der Waals surface area (Å²) in [6, 6.07) is 12.5. The number of alkyl halides is 6. The number of imide groups is 2. The number of aryl methyl sites for hydroxylation is 2. The monoisotopic (exact) mass is 1090 g/mol. The molecule has 0 aromatic heterocycles. The molecule has 4 saturated heterocycles. The number of benzene rings is 4. The van der Waals surface area contributed by atoms with E-state index in [1.54, 1.807) is 31.2 Å². The highest BCUT2D eigenvalue weighted by Crippen LogP contribution is 2.49. The first-order chi connectivity index (χ1) is 36.4. The topological polar surface area (TPSA) is 201 Å². The second-order valence-electron chi connectivity index (χ2n) is 18.7. The molecule has 77 heavy (non-hydrogen) atoms. The minimum Gasteiger partial charge on any atom is -0.427 e. The predicted molar refractivity (Wildman–Crippen MR) is 260 cm³/mol. The first kappa shape index (κ1) is 55.4. The van der Waals surface area contributed by atoms with E-state index in [4.69, 9.17) is 16.6 Å². The number of carbonyl (C=O) groups is 7. The third kappa shape index (κ3) is 10.6. The van der Waals surface area contributed by atoms with Gasteiger partial charge < -0.3 is 35.6 Å². The van der Waals surface area contributed by atoms with Crippen LogP contribution in [-0.2, 0) is 52.7 Å². The van der Waals surface area contributed by atoms with Crippen LogP contribution in [0.3, 0.4) is 0 Å². The molecule has 2 aliphatic carbocycles. The number of carbonyl (C=O) groups excluding carboxylic acids is 7. The van der Waals surface area contributed by atoms with E-state index in [0.29, 0.717) is 78.5 Å². The van der Waals surface area contributed by atoms with Crippen molar-refractivity contribution in [3.63, 3.8) is 0 Å². The van der Waals surface area contributed by atoms with Gasteiger partial charge in [-0.1, -0.05) is 57.6 Å². The molecule has 0 bridgehead atoms. The fourth-order valence-corrected chi connectivity index (χ4v) is 11.0. The number of nitrogens with zero attached hydrogens (tertiary/aromatic N) is 4. The first-order valence-corrected chi connectivity index (χ1v) is 24.0. The fourth-order valence-electron chi connectivity index (χ4n) is 11.0. The van der Waals surface area contributed by atoms with Crippen LogP contribution in [0, 0.1) is 11.6 Å². The minimum atomic E-state index is -4.74. The molecule has 4 aliphatic heterocycles. The van der Waals surface area contributed by atoms with Gasteiger partial charge in [-0.05, 0) is 109 Å². The Labute approximate surface area is 438 Å². The van der Waals surface area contributed by atoms with Crippen molar-refractivity contribution in [3.05, 3.63) is 130 Å². The molecule has 4 heterocycles. The molecule has 4 aromatic carbocycles. The van der Waals surface area contributed by atoms with Crippen molar-refractivity contribution >= 4 is 53.2 Å². The number of amides is 8. The Hall–Kier alpha value is -7.79. The highest BCUT2D eigenvalue weighted by Gasteiger charge is 2.61. The van der Waals surface area contributed by atoms with Gasteiger partial charge in [0.2, 0.25) is 23.0 Å². The molecule has 2 spiro atoms. The lowest BCUT2D eigenvalue weighted by Crippen LogP contribution is -2.50. The van der Waals surface area contributed by atoms with Gasteiger partial charge in [0, 0.05) is 43.8 Å². The SMILES string of the molecule is C.CNC(=O)Nc1ccc2c(c1)CC[C@@]21OC(=O)N(CC(=O)N2[C@H](c3ccc(F)cc3)CC[C@@H]2C(F)(F)F)C1=O.Nc1ccc2c(c1)CC[C@@]21OC(=O)N(CC(=O)N2[C@H](c3ccc(F)cc3)CC[C@@H]2C(F)(F)F)C1=O.[2H]CC. The van der Waals surface area contributed by atoms with E-state index in [0.717, 1.165) is 29.8 Å². The Bertz CT molecular complexity index is 2990. The van der Waals surface area contributed by atoms with Crippen LogP contribution in [-0.4, -0.2) is 106 Å². The van der Waals surface area contributed by atoms with Crippen LogP contribution in [0.1, 0.15) is 107 Å². The largest absolute Gasteiger partial charge is 0.427 e. The van der Waals surface area contributed by atoms with E-state index in [1.807, 2.05) is 0 Å². The molecule has 8 amide bonds. The molecule has 4 N–H and O–H groups in total. The van der Waals surface area contributed by atoms with E-state index in [9.17, 15) is 68.7 Å². The van der Waals surface area contributed by atoms with Crippen molar-refractivity contribution in [1.29, 1.82) is 0 Å². The van der Waals surface area contributed by atoms with Crippen LogP contribution < -0.4 is 16.4 Å². The molecule has 16 nitrogen and oxygen atoms in total. The average molecular weight is 1090 g/mol. The molecule has 6 aliphatic rings. The third-order valence-corrected chi connectivity index (χ3v) is 14.4. The molecular weight excluding hydrogens is 1030 g/mol. The van der Waals surface area contributed by atoms with Crippen LogP contribution in [0.25, 0.3) is 0 Å². The summed E-state index contributed by atoms with van der Waals surface area (Å²) in [5.74, 6) is -4.89. The van der Waals surface area contributed by atoms with Crippen LogP contribution in [0.5, 0.6) is 0 Å². The highest BCUT2D eigenvalue weighted by atomic mass is 19.4. The van der Waals surface area contributed by atoms with E-state index < -0.39 is 114 Å². The number of nitrogens with two attached hydrogens (primary N) is 1. The zero-order valence-electron chi connectivity index (χ0n) is 41.7. The fraction of sp³-hybridized carbons (Fsp3) is 0.415. The van der Waals surface area contributed by atoms with Gasteiger partial charge in [0.05, 0.1) is 12.1 Å². The second kappa shape index (κ2) is 21.7. The molecular formula is C53H55F8N7O9. The number of fused-ring (bicyclic) bond motifs is 4. The van der Waals surface area contributed by atoms with Gasteiger partial charge in [0.1, 0.15) is 36.8 Å². The van der Waals surface area contributed by atoms with Gasteiger partial charge in [-0.2, -0.15) is 26.3 Å². The molecule has 24 heteroatoms. The van der Waals surface area contributed by atoms with Gasteiger partial charge >= 0.3 is 30.6 Å². The Morgan fingerprint density at radius 1 is 0.662 bits per heavy atom. The minimum absolute atomic E-state index is 0. The van der Waals surface area contributed by atoms with Gasteiger partial charge in [0.25, 0.3) is 11.8 Å². The molecule has 0 unspecified atom stereocenters.